The first kappa shape index (κ1) is 12.4. The van der Waals surface area contributed by atoms with Crippen LogP contribution in [0.5, 0.6) is 0 Å². The number of piperidine rings is 1. The number of carboxylic acid groups (broad SMARTS) is 1. The molecule has 0 aliphatic carbocycles. The van der Waals surface area contributed by atoms with Gasteiger partial charge in [0.2, 0.25) is 0 Å². The Morgan fingerprint density at radius 1 is 1.69 bits per heavy atom. The highest BCUT2D eigenvalue weighted by Crippen LogP contribution is 2.19. The van der Waals surface area contributed by atoms with Crippen LogP contribution in [0.3, 0.4) is 0 Å². The second kappa shape index (κ2) is 5.24. The van der Waals surface area contributed by atoms with Gasteiger partial charge >= 0.3 is 6.09 Å². The summed E-state index contributed by atoms with van der Waals surface area (Å²) in [5, 5.41) is 8.54. The highest BCUT2D eigenvalue weighted by Gasteiger charge is 2.30. The number of rotatable bonds is 1. The fourth-order valence-corrected chi connectivity index (χ4v) is 1.39. The summed E-state index contributed by atoms with van der Waals surface area (Å²) in [6, 6.07) is 0. The standard InChI is InChI=1S/C7H13FN2O2.ClH/c8-6-4-10(7(11)12)2-1-5(6)3-9;/h5-6H,1-4,9H2,(H,11,12);1H/t5-,6-;/m1./s1. The van der Waals surface area contributed by atoms with Crippen LogP contribution in [-0.2, 0) is 0 Å². The lowest BCUT2D eigenvalue weighted by Gasteiger charge is -2.32. The molecular weight excluding hydrogens is 199 g/mol. The van der Waals surface area contributed by atoms with Crippen molar-refractivity contribution < 1.29 is 14.3 Å². The Kier molecular flexibility index (Phi) is 5.02. The Balaban J connectivity index is 0.00000144. The molecule has 1 heterocycles. The minimum atomic E-state index is -1.10. The van der Waals surface area contributed by atoms with Gasteiger partial charge in [0.1, 0.15) is 6.17 Å². The van der Waals surface area contributed by atoms with Crippen LogP contribution in [0.15, 0.2) is 0 Å². The highest BCUT2D eigenvalue weighted by molar-refractivity contribution is 5.85. The molecule has 1 rings (SSSR count). The third-order valence-corrected chi connectivity index (χ3v) is 2.25. The quantitative estimate of drug-likeness (QED) is 0.673. The predicted octanol–water partition coefficient (Wildman–Crippen LogP) is 0.705. The van der Waals surface area contributed by atoms with Crippen molar-refractivity contribution in [2.24, 2.45) is 11.7 Å². The van der Waals surface area contributed by atoms with Gasteiger partial charge in [0.05, 0.1) is 6.54 Å². The molecular formula is C7H14ClFN2O2. The monoisotopic (exact) mass is 212 g/mol. The topological polar surface area (TPSA) is 66.6 Å². The number of alkyl halides is 1. The van der Waals surface area contributed by atoms with Crippen molar-refractivity contribution >= 4 is 18.5 Å². The van der Waals surface area contributed by atoms with Crippen molar-refractivity contribution in [2.45, 2.75) is 12.6 Å². The van der Waals surface area contributed by atoms with Crippen molar-refractivity contribution in [3.05, 3.63) is 0 Å². The maximum Gasteiger partial charge on any atom is 0.407 e. The van der Waals surface area contributed by atoms with Gasteiger partial charge in [-0.1, -0.05) is 0 Å². The molecule has 1 aliphatic heterocycles. The summed E-state index contributed by atoms with van der Waals surface area (Å²) >= 11 is 0. The van der Waals surface area contributed by atoms with E-state index >= 15 is 0 Å². The molecule has 0 saturated carbocycles. The first-order valence-corrected chi connectivity index (χ1v) is 3.97. The first-order chi connectivity index (χ1) is 5.65. The maximum atomic E-state index is 13.1. The Morgan fingerprint density at radius 2 is 2.31 bits per heavy atom. The molecule has 0 aromatic heterocycles. The Hall–Kier alpha value is -0.550. The van der Waals surface area contributed by atoms with Crippen LogP contribution in [-0.4, -0.2) is 41.9 Å². The van der Waals surface area contributed by atoms with Crippen LogP contribution < -0.4 is 5.73 Å². The number of amides is 1. The van der Waals surface area contributed by atoms with E-state index in [9.17, 15) is 9.18 Å². The summed E-state index contributed by atoms with van der Waals surface area (Å²) in [5.41, 5.74) is 5.31. The predicted molar refractivity (Wildman–Crippen MR) is 48.9 cm³/mol. The molecule has 0 unspecified atom stereocenters. The molecule has 0 aromatic carbocycles. The van der Waals surface area contributed by atoms with Crippen LogP contribution in [0.25, 0.3) is 0 Å². The normalized spacial score (nSPS) is 28.0. The minimum Gasteiger partial charge on any atom is -0.465 e. The summed E-state index contributed by atoms with van der Waals surface area (Å²) in [7, 11) is 0. The lowest BCUT2D eigenvalue weighted by Crippen LogP contribution is -2.46. The Morgan fingerprint density at radius 3 is 2.69 bits per heavy atom. The zero-order chi connectivity index (χ0) is 9.14. The number of halogens is 2. The fraction of sp³-hybridized carbons (Fsp3) is 0.857. The Labute approximate surface area is 82.3 Å². The maximum absolute atomic E-state index is 13.1. The van der Waals surface area contributed by atoms with Crippen molar-refractivity contribution in [1.29, 1.82) is 0 Å². The molecule has 3 N–H and O–H groups in total. The van der Waals surface area contributed by atoms with Gasteiger partial charge in [-0.3, -0.25) is 0 Å². The van der Waals surface area contributed by atoms with E-state index < -0.39 is 12.3 Å². The van der Waals surface area contributed by atoms with E-state index in [4.69, 9.17) is 10.8 Å². The zero-order valence-corrected chi connectivity index (χ0v) is 7.97. The lowest BCUT2D eigenvalue weighted by atomic mass is 9.95. The molecule has 6 heteroatoms. The van der Waals surface area contributed by atoms with Crippen molar-refractivity contribution in [2.75, 3.05) is 19.6 Å². The molecule has 1 amide bonds. The smallest absolute Gasteiger partial charge is 0.407 e. The lowest BCUT2D eigenvalue weighted by molar-refractivity contribution is 0.0786. The van der Waals surface area contributed by atoms with Gasteiger partial charge in [-0.2, -0.15) is 0 Å². The average molecular weight is 213 g/mol. The summed E-state index contributed by atoms with van der Waals surface area (Å²) in [6.45, 7) is 0.670. The van der Waals surface area contributed by atoms with Gasteiger partial charge in [-0.25, -0.2) is 9.18 Å². The van der Waals surface area contributed by atoms with Gasteiger partial charge in [-0.15, -0.1) is 12.4 Å². The van der Waals surface area contributed by atoms with E-state index in [0.717, 1.165) is 4.90 Å². The van der Waals surface area contributed by atoms with Crippen LogP contribution in [0, 0.1) is 5.92 Å². The molecule has 1 aliphatic rings. The summed E-state index contributed by atoms with van der Waals surface area (Å²) < 4.78 is 13.1. The van der Waals surface area contributed by atoms with Crippen molar-refractivity contribution in [1.82, 2.24) is 4.90 Å². The zero-order valence-electron chi connectivity index (χ0n) is 7.15. The largest absolute Gasteiger partial charge is 0.465 e. The van der Waals surface area contributed by atoms with E-state index in [0.29, 0.717) is 19.5 Å². The number of hydrogen-bond donors (Lipinski definition) is 2. The number of nitrogens with two attached hydrogens (primary N) is 1. The third kappa shape index (κ3) is 3.00. The molecule has 0 radical (unpaired) electrons. The highest BCUT2D eigenvalue weighted by atomic mass is 35.5. The number of likely N-dealkylation sites (tertiary alicyclic amines) is 1. The van der Waals surface area contributed by atoms with Gasteiger partial charge in [-0.05, 0) is 13.0 Å². The SMILES string of the molecule is Cl.NC[C@H]1CCN(C(=O)O)C[C@H]1F. The van der Waals surface area contributed by atoms with Gasteiger partial charge in [0.25, 0.3) is 0 Å². The van der Waals surface area contributed by atoms with Crippen LogP contribution in [0.1, 0.15) is 6.42 Å². The van der Waals surface area contributed by atoms with Crippen molar-refractivity contribution in [3.8, 4) is 0 Å². The van der Waals surface area contributed by atoms with E-state index in [1.165, 1.54) is 0 Å². The molecule has 0 aromatic rings. The third-order valence-electron chi connectivity index (χ3n) is 2.25. The van der Waals surface area contributed by atoms with Gasteiger partial charge in [0.15, 0.2) is 0 Å². The molecule has 1 fully saturated rings. The summed E-state index contributed by atoms with van der Waals surface area (Å²) in [5.74, 6) is -0.166. The van der Waals surface area contributed by atoms with E-state index in [-0.39, 0.29) is 24.9 Å². The second-order valence-corrected chi connectivity index (χ2v) is 3.03. The van der Waals surface area contributed by atoms with Gasteiger partial charge < -0.3 is 15.7 Å². The van der Waals surface area contributed by atoms with Gasteiger partial charge in [0, 0.05) is 12.5 Å². The molecule has 4 nitrogen and oxygen atoms in total. The van der Waals surface area contributed by atoms with E-state index in [1.54, 1.807) is 0 Å². The number of carbonyl (C=O) groups is 1. The molecule has 13 heavy (non-hydrogen) atoms. The van der Waals surface area contributed by atoms with E-state index in [2.05, 4.69) is 0 Å². The van der Waals surface area contributed by atoms with Crippen LogP contribution >= 0.6 is 12.4 Å². The second-order valence-electron chi connectivity index (χ2n) is 3.03. The average Bonchev–Trinajstić information content (AvgIpc) is 2.04. The van der Waals surface area contributed by atoms with Crippen LogP contribution in [0.4, 0.5) is 9.18 Å². The molecule has 78 valence electrons. The summed E-state index contributed by atoms with van der Waals surface area (Å²) in [6.07, 6.45) is -1.61. The fourth-order valence-electron chi connectivity index (χ4n) is 1.39. The summed E-state index contributed by atoms with van der Waals surface area (Å²) in [4.78, 5) is 11.5. The molecule has 2 atom stereocenters. The van der Waals surface area contributed by atoms with Crippen LogP contribution in [0.2, 0.25) is 0 Å². The van der Waals surface area contributed by atoms with Crippen molar-refractivity contribution in [3.63, 3.8) is 0 Å². The van der Waals surface area contributed by atoms with E-state index in [1.807, 2.05) is 0 Å². The first-order valence-electron chi connectivity index (χ1n) is 3.97. The molecule has 0 spiro atoms. The minimum absolute atomic E-state index is 0. The Bertz CT molecular complexity index is 182. The number of hydrogen-bond acceptors (Lipinski definition) is 2. The molecule has 1 saturated heterocycles. The molecule has 0 bridgehead atoms. The number of nitrogens with zero attached hydrogens (tertiary/aromatic N) is 1.